The molecule has 0 atom stereocenters. The van der Waals surface area contributed by atoms with Crippen molar-refractivity contribution in [3.05, 3.63) is 158 Å². The van der Waals surface area contributed by atoms with Crippen molar-refractivity contribution in [3.8, 4) is 22.5 Å². The van der Waals surface area contributed by atoms with Crippen LogP contribution in [0.5, 0.6) is 0 Å². The molecule has 0 unspecified atom stereocenters. The number of benzene rings is 7. The monoisotopic (exact) mass is 574 g/mol. The third kappa shape index (κ3) is 3.35. The minimum atomic E-state index is 0.897. The van der Waals surface area contributed by atoms with Crippen LogP contribution < -0.4 is 0 Å². The topological polar surface area (TPSA) is 23.0 Å². The zero-order valence-corrected chi connectivity index (χ0v) is 24.3. The number of aromatic nitrogens is 2. The summed E-state index contributed by atoms with van der Waals surface area (Å²) in [4.78, 5) is 0. The minimum Gasteiger partial charge on any atom is -0.455 e. The van der Waals surface area contributed by atoms with E-state index in [1.807, 2.05) is 0 Å². The highest BCUT2D eigenvalue weighted by Gasteiger charge is 2.27. The highest BCUT2D eigenvalue weighted by atomic mass is 16.3. The SMILES string of the molecule is c1ccc(-c2ccc(-n3c4ccccc4c4c5c(c6ccccc6n5-c5ccccc5)c5oc6ccccc6c5c43)cc2)cc1. The number of hydrogen-bond acceptors (Lipinski definition) is 1. The summed E-state index contributed by atoms with van der Waals surface area (Å²) in [7, 11) is 0. The Balaban J connectivity index is 1.46. The summed E-state index contributed by atoms with van der Waals surface area (Å²) < 4.78 is 11.7. The van der Waals surface area contributed by atoms with E-state index in [4.69, 9.17) is 4.42 Å². The second kappa shape index (κ2) is 9.22. The summed E-state index contributed by atoms with van der Waals surface area (Å²) in [5.74, 6) is 0. The van der Waals surface area contributed by atoms with Crippen LogP contribution in [0.4, 0.5) is 0 Å². The smallest absolute Gasteiger partial charge is 0.147 e. The molecule has 0 spiro atoms. The van der Waals surface area contributed by atoms with Gasteiger partial charge in [-0.1, -0.05) is 115 Å². The Kier molecular flexibility index (Phi) is 5.00. The van der Waals surface area contributed by atoms with Crippen LogP contribution in [0.15, 0.2) is 162 Å². The molecule has 3 nitrogen and oxygen atoms in total. The molecule has 0 amide bonds. The van der Waals surface area contributed by atoms with Crippen molar-refractivity contribution >= 4 is 65.6 Å². The van der Waals surface area contributed by atoms with E-state index < -0.39 is 0 Å². The lowest BCUT2D eigenvalue weighted by Crippen LogP contribution is -1.96. The number of nitrogens with zero attached hydrogens (tertiary/aromatic N) is 2. The van der Waals surface area contributed by atoms with Gasteiger partial charge in [-0.05, 0) is 53.6 Å². The molecule has 3 heteroatoms. The Hall–Kier alpha value is -6.06. The van der Waals surface area contributed by atoms with Gasteiger partial charge in [0.05, 0.1) is 32.8 Å². The number of fused-ring (bicyclic) bond motifs is 12. The number of para-hydroxylation sites is 4. The zero-order chi connectivity index (χ0) is 29.5. The summed E-state index contributed by atoms with van der Waals surface area (Å²) in [6.45, 7) is 0. The van der Waals surface area contributed by atoms with Gasteiger partial charge in [0.15, 0.2) is 0 Å². The molecule has 3 heterocycles. The number of furan rings is 1. The molecule has 10 rings (SSSR count). The average Bonchev–Trinajstić information content (AvgIpc) is 3.77. The molecule has 0 fully saturated rings. The van der Waals surface area contributed by atoms with E-state index in [0.29, 0.717) is 0 Å². The second-order valence-electron chi connectivity index (χ2n) is 11.7. The van der Waals surface area contributed by atoms with Gasteiger partial charge < -0.3 is 13.6 Å². The Labute approximate surface area is 258 Å². The van der Waals surface area contributed by atoms with Gasteiger partial charge in [-0.25, -0.2) is 0 Å². The molecule has 210 valence electrons. The van der Waals surface area contributed by atoms with Crippen LogP contribution in [-0.4, -0.2) is 9.13 Å². The van der Waals surface area contributed by atoms with E-state index in [1.165, 1.54) is 38.3 Å². The standard InChI is InChI=1S/C42H26N2O/c1-3-13-27(14-4-1)28-23-25-30(26-24-28)44-34-20-10-7-17-31(34)37-40-38(42-39(41(37)44)33-19-9-12-22-36(33)45-42)32-18-8-11-21-35(32)43(40)29-15-5-2-6-16-29/h1-26H. The van der Waals surface area contributed by atoms with Gasteiger partial charge in [-0.3, -0.25) is 0 Å². The molecule has 0 saturated carbocycles. The lowest BCUT2D eigenvalue weighted by molar-refractivity contribution is 0.673. The molecule has 0 radical (unpaired) electrons. The lowest BCUT2D eigenvalue weighted by Gasteiger charge is -2.12. The van der Waals surface area contributed by atoms with E-state index in [2.05, 4.69) is 167 Å². The summed E-state index contributed by atoms with van der Waals surface area (Å²) in [5.41, 5.74) is 11.1. The maximum Gasteiger partial charge on any atom is 0.147 e. The third-order valence-electron chi connectivity index (χ3n) is 9.29. The largest absolute Gasteiger partial charge is 0.455 e. The molecule has 0 aliphatic rings. The molecule has 7 aromatic carbocycles. The molecule has 10 aromatic rings. The molecule has 0 saturated heterocycles. The third-order valence-corrected chi connectivity index (χ3v) is 9.29. The first-order chi connectivity index (χ1) is 22.4. The Bertz CT molecular complexity index is 2730. The molecule has 0 aliphatic heterocycles. The minimum absolute atomic E-state index is 0.897. The Morgan fingerprint density at radius 2 is 0.822 bits per heavy atom. The first kappa shape index (κ1) is 24.4. The van der Waals surface area contributed by atoms with E-state index in [1.54, 1.807) is 0 Å². The molecule has 0 aliphatic carbocycles. The Morgan fingerprint density at radius 3 is 1.49 bits per heavy atom. The van der Waals surface area contributed by atoms with Crippen molar-refractivity contribution in [2.75, 3.05) is 0 Å². The summed E-state index contributed by atoms with van der Waals surface area (Å²) in [6, 6.07) is 56.2. The molecule has 3 aromatic heterocycles. The van der Waals surface area contributed by atoms with Gasteiger partial charge >= 0.3 is 0 Å². The van der Waals surface area contributed by atoms with Crippen LogP contribution >= 0.6 is 0 Å². The fourth-order valence-electron chi connectivity index (χ4n) is 7.43. The van der Waals surface area contributed by atoms with E-state index >= 15 is 0 Å². The first-order valence-corrected chi connectivity index (χ1v) is 15.4. The van der Waals surface area contributed by atoms with Crippen LogP contribution in [0.25, 0.3) is 88.1 Å². The van der Waals surface area contributed by atoms with E-state index in [9.17, 15) is 0 Å². The normalized spacial score (nSPS) is 12.0. The van der Waals surface area contributed by atoms with Gasteiger partial charge in [-0.15, -0.1) is 0 Å². The van der Waals surface area contributed by atoms with Crippen LogP contribution in [0.1, 0.15) is 0 Å². The van der Waals surface area contributed by atoms with Gasteiger partial charge in [0.2, 0.25) is 0 Å². The molecule has 0 bridgehead atoms. The maximum absolute atomic E-state index is 6.87. The highest BCUT2D eigenvalue weighted by Crippen LogP contribution is 2.49. The fraction of sp³-hybridized carbons (Fsp3) is 0. The summed E-state index contributed by atoms with van der Waals surface area (Å²) in [5, 5.41) is 7.05. The van der Waals surface area contributed by atoms with Crippen LogP contribution in [0.2, 0.25) is 0 Å². The fourth-order valence-corrected chi connectivity index (χ4v) is 7.43. The average molecular weight is 575 g/mol. The van der Waals surface area contributed by atoms with E-state index in [0.717, 1.165) is 49.7 Å². The van der Waals surface area contributed by atoms with Crippen molar-refractivity contribution in [2.24, 2.45) is 0 Å². The predicted molar refractivity (Wildman–Crippen MR) is 188 cm³/mol. The lowest BCUT2D eigenvalue weighted by atomic mass is 10.0. The molecular weight excluding hydrogens is 548 g/mol. The van der Waals surface area contributed by atoms with Crippen molar-refractivity contribution in [1.29, 1.82) is 0 Å². The van der Waals surface area contributed by atoms with Gasteiger partial charge in [0, 0.05) is 32.9 Å². The van der Waals surface area contributed by atoms with Crippen LogP contribution in [0.3, 0.4) is 0 Å². The van der Waals surface area contributed by atoms with Crippen LogP contribution in [0, 0.1) is 0 Å². The van der Waals surface area contributed by atoms with Gasteiger partial charge in [0.25, 0.3) is 0 Å². The summed E-state index contributed by atoms with van der Waals surface area (Å²) >= 11 is 0. The molecule has 45 heavy (non-hydrogen) atoms. The Morgan fingerprint density at radius 1 is 0.356 bits per heavy atom. The highest BCUT2D eigenvalue weighted by molar-refractivity contribution is 6.39. The quantitative estimate of drug-likeness (QED) is 0.206. The predicted octanol–water partition coefficient (Wildman–Crippen LogP) is 11.4. The van der Waals surface area contributed by atoms with Crippen molar-refractivity contribution in [1.82, 2.24) is 9.13 Å². The molecule has 0 N–H and O–H groups in total. The van der Waals surface area contributed by atoms with Crippen molar-refractivity contribution in [2.45, 2.75) is 0 Å². The van der Waals surface area contributed by atoms with Crippen molar-refractivity contribution < 1.29 is 4.42 Å². The summed E-state index contributed by atoms with van der Waals surface area (Å²) in [6.07, 6.45) is 0. The van der Waals surface area contributed by atoms with Crippen LogP contribution in [-0.2, 0) is 0 Å². The molecular formula is C42H26N2O. The second-order valence-corrected chi connectivity index (χ2v) is 11.7. The van der Waals surface area contributed by atoms with E-state index in [-0.39, 0.29) is 0 Å². The maximum atomic E-state index is 6.87. The first-order valence-electron chi connectivity index (χ1n) is 15.4. The number of rotatable bonds is 3. The van der Waals surface area contributed by atoms with Crippen molar-refractivity contribution in [3.63, 3.8) is 0 Å². The number of hydrogen-bond donors (Lipinski definition) is 0. The van der Waals surface area contributed by atoms with Gasteiger partial charge in [-0.2, -0.15) is 0 Å². The zero-order valence-electron chi connectivity index (χ0n) is 24.3. The van der Waals surface area contributed by atoms with Gasteiger partial charge in [0.1, 0.15) is 11.2 Å².